The third-order valence-electron chi connectivity index (χ3n) is 2.48. The Morgan fingerprint density at radius 2 is 2.17 bits per heavy atom. The van der Waals surface area contributed by atoms with E-state index in [0.717, 1.165) is 6.42 Å². The largest absolute Gasteiger partial charge is 0.504 e. The summed E-state index contributed by atoms with van der Waals surface area (Å²) in [7, 11) is 1.50. The van der Waals surface area contributed by atoms with Crippen LogP contribution in [0.4, 0.5) is 0 Å². The van der Waals surface area contributed by atoms with E-state index in [2.05, 4.69) is 24.0 Å². The zero-order valence-corrected chi connectivity index (χ0v) is 10.7. The Kier molecular flexibility index (Phi) is 3.50. The van der Waals surface area contributed by atoms with E-state index >= 15 is 0 Å². The van der Waals surface area contributed by atoms with Crippen LogP contribution in [0.1, 0.15) is 19.7 Å². The molecule has 0 saturated heterocycles. The van der Waals surface area contributed by atoms with Gasteiger partial charge in [-0.05, 0) is 24.1 Å². The number of hydrogen-bond acceptors (Lipinski definition) is 5. The van der Waals surface area contributed by atoms with Gasteiger partial charge in [0.15, 0.2) is 17.3 Å². The van der Waals surface area contributed by atoms with Crippen LogP contribution in [0.2, 0.25) is 0 Å². The van der Waals surface area contributed by atoms with Crippen LogP contribution in [0.5, 0.6) is 11.5 Å². The molecule has 0 spiro atoms. The van der Waals surface area contributed by atoms with Crippen molar-refractivity contribution in [2.75, 3.05) is 7.11 Å². The minimum Gasteiger partial charge on any atom is -0.504 e. The minimum atomic E-state index is 0.0543. The van der Waals surface area contributed by atoms with Gasteiger partial charge in [0.05, 0.1) is 7.11 Å². The van der Waals surface area contributed by atoms with Crippen molar-refractivity contribution < 1.29 is 14.4 Å². The highest BCUT2D eigenvalue weighted by Crippen LogP contribution is 2.30. The number of benzene rings is 1. The minimum absolute atomic E-state index is 0.0543. The molecule has 1 N–H and O–H groups in total. The number of aromatic hydroxyl groups is 1. The quantitative estimate of drug-likeness (QED) is 0.900. The Morgan fingerprint density at radius 3 is 2.78 bits per heavy atom. The Morgan fingerprint density at radius 1 is 1.39 bits per heavy atom. The van der Waals surface area contributed by atoms with Gasteiger partial charge in [-0.2, -0.15) is 4.98 Å². The third kappa shape index (κ3) is 2.61. The van der Waals surface area contributed by atoms with Gasteiger partial charge in [0, 0.05) is 12.0 Å². The Labute approximate surface area is 105 Å². The van der Waals surface area contributed by atoms with Crippen LogP contribution >= 0.6 is 0 Å². The smallest absolute Gasteiger partial charge is 0.258 e. The lowest BCUT2D eigenvalue weighted by Gasteiger charge is -2.03. The summed E-state index contributed by atoms with van der Waals surface area (Å²) >= 11 is 0. The molecule has 5 heteroatoms. The molecule has 2 rings (SSSR count). The Balaban J connectivity index is 2.26. The first-order chi connectivity index (χ1) is 8.60. The number of hydrogen-bond donors (Lipinski definition) is 1. The van der Waals surface area contributed by atoms with Crippen LogP contribution in [-0.2, 0) is 6.42 Å². The second kappa shape index (κ2) is 5.08. The highest BCUT2D eigenvalue weighted by atomic mass is 16.5. The normalized spacial score (nSPS) is 10.9. The van der Waals surface area contributed by atoms with Gasteiger partial charge in [0.2, 0.25) is 0 Å². The summed E-state index contributed by atoms with van der Waals surface area (Å²) in [6, 6.07) is 4.98. The molecule has 1 heterocycles. The zero-order chi connectivity index (χ0) is 13.1. The van der Waals surface area contributed by atoms with Crippen molar-refractivity contribution in [1.82, 2.24) is 10.1 Å². The monoisotopic (exact) mass is 248 g/mol. The van der Waals surface area contributed by atoms with Crippen molar-refractivity contribution in [2.24, 2.45) is 5.92 Å². The molecule has 0 atom stereocenters. The zero-order valence-electron chi connectivity index (χ0n) is 10.7. The van der Waals surface area contributed by atoms with E-state index < -0.39 is 0 Å². The standard InChI is InChI=1S/C13H16N2O3/c1-8(2)6-12-14-13(18-15-12)9-4-5-11(17-3)10(16)7-9/h4-5,7-8,16H,6H2,1-3H3. The van der Waals surface area contributed by atoms with Crippen LogP contribution in [0.25, 0.3) is 11.5 Å². The SMILES string of the molecule is COc1ccc(-c2nc(CC(C)C)no2)cc1O. The second-order valence-corrected chi connectivity index (χ2v) is 4.50. The first-order valence-corrected chi connectivity index (χ1v) is 5.80. The summed E-state index contributed by atoms with van der Waals surface area (Å²) in [4.78, 5) is 4.29. The number of phenolic OH excluding ortho intramolecular Hbond substituents is 1. The van der Waals surface area contributed by atoms with E-state index in [-0.39, 0.29) is 5.75 Å². The van der Waals surface area contributed by atoms with Crippen LogP contribution in [0, 0.1) is 5.92 Å². The second-order valence-electron chi connectivity index (χ2n) is 4.50. The van der Waals surface area contributed by atoms with Gasteiger partial charge in [0.25, 0.3) is 5.89 Å². The van der Waals surface area contributed by atoms with Gasteiger partial charge >= 0.3 is 0 Å². The maximum atomic E-state index is 9.69. The Hall–Kier alpha value is -2.04. The molecular weight excluding hydrogens is 232 g/mol. The summed E-state index contributed by atoms with van der Waals surface area (Å²) in [6.07, 6.45) is 0.769. The fourth-order valence-electron chi connectivity index (χ4n) is 1.64. The van der Waals surface area contributed by atoms with Crippen molar-refractivity contribution in [1.29, 1.82) is 0 Å². The molecule has 0 aliphatic rings. The maximum Gasteiger partial charge on any atom is 0.258 e. The molecule has 0 fully saturated rings. The van der Waals surface area contributed by atoms with Gasteiger partial charge in [-0.25, -0.2) is 0 Å². The maximum absolute atomic E-state index is 9.69. The van der Waals surface area contributed by atoms with Gasteiger partial charge in [-0.1, -0.05) is 19.0 Å². The Bertz CT molecular complexity index is 535. The van der Waals surface area contributed by atoms with Crippen molar-refractivity contribution in [3.63, 3.8) is 0 Å². The van der Waals surface area contributed by atoms with Gasteiger partial charge in [0.1, 0.15) is 0 Å². The van der Waals surface area contributed by atoms with Gasteiger partial charge in [-0.3, -0.25) is 0 Å². The number of ether oxygens (including phenoxy) is 1. The molecule has 2 aromatic rings. The summed E-state index contributed by atoms with van der Waals surface area (Å²) in [5.74, 6) is 2.03. The number of phenols is 1. The first-order valence-electron chi connectivity index (χ1n) is 5.80. The fraction of sp³-hybridized carbons (Fsp3) is 0.385. The predicted octanol–water partition coefficient (Wildman–Crippen LogP) is 2.65. The van der Waals surface area contributed by atoms with E-state index in [9.17, 15) is 5.11 Å². The van der Waals surface area contributed by atoms with Crippen molar-refractivity contribution in [2.45, 2.75) is 20.3 Å². The molecule has 1 aromatic carbocycles. The predicted molar refractivity (Wildman–Crippen MR) is 66.5 cm³/mol. The number of rotatable bonds is 4. The summed E-state index contributed by atoms with van der Waals surface area (Å²) < 4.78 is 10.1. The average molecular weight is 248 g/mol. The van der Waals surface area contributed by atoms with Gasteiger partial charge in [-0.15, -0.1) is 0 Å². The number of aromatic nitrogens is 2. The van der Waals surface area contributed by atoms with Crippen molar-refractivity contribution >= 4 is 0 Å². The molecule has 96 valence electrons. The van der Waals surface area contributed by atoms with Crippen LogP contribution in [0.15, 0.2) is 22.7 Å². The summed E-state index contributed by atoms with van der Waals surface area (Å²) in [5, 5.41) is 13.6. The van der Waals surface area contributed by atoms with Crippen LogP contribution in [-0.4, -0.2) is 22.4 Å². The van der Waals surface area contributed by atoms with E-state index in [1.165, 1.54) is 7.11 Å². The molecule has 0 amide bonds. The molecule has 0 saturated carbocycles. The number of methoxy groups -OCH3 is 1. The molecular formula is C13H16N2O3. The third-order valence-corrected chi connectivity index (χ3v) is 2.48. The molecule has 18 heavy (non-hydrogen) atoms. The summed E-state index contributed by atoms with van der Waals surface area (Å²) in [6.45, 7) is 4.19. The molecule has 0 bridgehead atoms. The average Bonchev–Trinajstić information content (AvgIpc) is 2.76. The lowest BCUT2D eigenvalue weighted by molar-refractivity contribution is 0.373. The van der Waals surface area contributed by atoms with Gasteiger partial charge < -0.3 is 14.4 Å². The van der Waals surface area contributed by atoms with E-state index in [4.69, 9.17) is 9.26 Å². The van der Waals surface area contributed by atoms with Crippen molar-refractivity contribution in [3.05, 3.63) is 24.0 Å². The van der Waals surface area contributed by atoms with E-state index in [1.54, 1.807) is 18.2 Å². The molecule has 1 aromatic heterocycles. The topological polar surface area (TPSA) is 68.4 Å². The highest BCUT2D eigenvalue weighted by Gasteiger charge is 2.12. The van der Waals surface area contributed by atoms with Crippen molar-refractivity contribution in [3.8, 4) is 23.0 Å². The molecule has 0 radical (unpaired) electrons. The van der Waals surface area contributed by atoms with Crippen LogP contribution < -0.4 is 4.74 Å². The summed E-state index contributed by atoms with van der Waals surface area (Å²) in [5.41, 5.74) is 0.677. The lowest BCUT2D eigenvalue weighted by atomic mass is 10.1. The molecule has 0 unspecified atom stereocenters. The molecule has 0 aliphatic carbocycles. The van der Waals surface area contributed by atoms with Crippen LogP contribution in [0.3, 0.4) is 0 Å². The van der Waals surface area contributed by atoms with E-state index in [1.807, 2.05) is 0 Å². The molecule has 0 aliphatic heterocycles. The molecule has 5 nitrogen and oxygen atoms in total. The first kappa shape index (κ1) is 12.4. The van der Waals surface area contributed by atoms with E-state index in [0.29, 0.717) is 28.9 Å². The fourth-order valence-corrected chi connectivity index (χ4v) is 1.64. The highest BCUT2D eigenvalue weighted by molar-refractivity contribution is 5.59. The number of nitrogens with zero attached hydrogens (tertiary/aromatic N) is 2. The lowest BCUT2D eigenvalue weighted by Crippen LogP contribution is -1.95.